The van der Waals surface area contributed by atoms with Gasteiger partial charge in [-0.25, -0.2) is 8.42 Å². The number of hydrogen-bond acceptors (Lipinski definition) is 6. The minimum atomic E-state index is -3.76. The number of esters is 1. The third-order valence-electron chi connectivity index (χ3n) is 2.23. The Labute approximate surface area is 94.0 Å². The number of nitrogens with zero attached hydrogens (tertiary/aromatic N) is 2. The molecular weight excluding hydrogens is 234 g/mol. The Morgan fingerprint density at radius 3 is 2.94 bits per heavy atom. The van der Waals surface area contributed by atoms with Gasteiger partial charge in [-0.05, 0) is 0 Å². The van der Waals surface area contributed by atoms with E-state index >= 15 is 0 Å². The van der Waals surface area contributed by atoms with Crippen molar-refractivity contribution in [2.24, 2.45) is 0 Å². The summed E-state index contributed by atoms with van der Waals surface area (Å²) in [5.41, 5.74) is 0. The van der Waals surface area contributed by atoms with Crippen molar-refractivity contribution >= 4 is 16.0 Å². The van der Waals surface area contributed by atoms with E-state index in [1.165, 1.54) is 0 Å². The molecule has 90 valence electrons. The fourth-order valence-corrected chi connectivity index (χ4v) is 2.88. The minimum absolute atomic E-state index is 0.192. The van der Waals surface area contributed by atoms with E-state index in [0.29, 0.717) is 6.54 Å². The Morgan fingerprint density at radius 1 is 1.69 bits per heavy atom. The smallest absolute Gasteiger partial charge is 0.322 e. The lowest BCUT2D eigenvalue weighted by Gasteiger charge is -2.30. The molecule has 1 saturated heterocycles. The first-order valence-electron chi connectivity index (χ1n) is 4.68. The normalized spacial score (nSPS) is 22.4. The van der Waals surface area contributed by atoms with Crippen molar-refractivity contribution in [3.63, 3.8) is 0 Å². The zero-order valence-corrected chi connectivity index (χ0v) is 9.66. The maximum absolute atomic E-state index is 11.8. The van der Waals surface area contributed by atoms with E-state index < -0.39 is 27.8 Å². The van der Waals surface area contributed by atoms with Gasteiger partial charge in [0.1, 0.15) is 6.04 Å². The molecule has 1 aliphatic heterocycles. The molecule has 1 atom stereocenters. The van der Waals surface area contributed by atoms with Gasteiger partial charge in [-0.2, -0.15) is 9.57 Å². The summed E-state index contributed by atoms with van der Waals surface area (Å²) in [6.07, 6.45) is 0. The lowest BCUT2D eigenvalue weighted by molar-refractivity contribution is -0.137. The third-order valence-corrected chi connectivity index (χ3v) is 3.98. The molecule has 8 heteroatoms. The van der Waals surface area contributed by atoms with Crippen LogP contribution >= 0.6 is 0 Å². The lowest BCUT2D eigenvalue weighted by atomic mass is 10.3. The van der Waals surface area contributed by atoms with Crippen LogP contribution in [0.4, 0.5) is 0 Å². The zero-order valence-electron chi connectivity index (χ0n) is 8.84. The van der Waals surface area contributed by atoms with Crippen LogP contribution in [-0.4, -0.2) is 57.2 Å². The Balaban J connectivity index is 2.81. The largest absolute Gasteiger partial charge is 0.468 e. The number of hydrogen-bond donors (Lipinski definition) is 1. The van der Waals surface area contributed by atoms with Crippen LogP contribution in [0.5, 0.6) is 0 Å². The molecule has 0 saturated carbocycles. The van der Waals surface area contributed by atoms with Crippen LogP contribution < -0.4 is 5.32 Å². The SMILES string of the molecule is COC(=O)CS(=O)(=O)N1CCNCC1C#N. The number of sulfonamides is 1. The highest BCUT2D eigenvalue weighted by atomic mass is 32.2. The average molecular weight is 247 g/mol. The van der Waals surface area contributed by atoms with Gasteiger partial charge in [0.25, 0.3) is 0 Å². The quantitative estimate of drug-likeness (QED) is 0.596. The van der Waals surface area contributed by atoms with E-state index in [0.717, 1.165) is 11.4 Å². The number of carbonyl (C=O) groups excluding carboxylic acids is 1. The van der Waals surface area contributed by atoms with Crippen LogP contribution in [-0.2, 0) is 19.6 Å². The maximum atomic E-state index is 11.8. The molecule has 0 bridgehead atoms. The lowest BCUT2D eigenvalue weighted by Crippen LogP contribution is -2.54. The topological polar surface area (TPSA) is 99.5 Å². The summed E-state index contributed by atoms with van der Waals surface area (Å²) in [5.74, 6) is -1.54. The molecular formula is C8H13N3O4S. The van der Waals surface area contributed by atoms with Crippen molar-refractivity contribution in [2.45, 2.75) is 6.04 Å². The second-order valence-corrected chi connectivity index (χ2v) is 5.21. The number of nitrogens with one attached hydrogen (secondary N) is 1. The van der Waals surface area contributed by atoms with Gasteiger partial charge >= 0.3 is 5.97 Å². The van der Waals surface area contributed by atoms with Crippen LogP contribution in [0.3, 0.4) is 0 Å². The zero-order chi connectivity index (χ0) is 12.2. The predicted octanol–water partition coefficient (Wildman–Crippen LogP) is -1.71. The first-order valence-corrected chi connectivity index (χ1v) is 6.29. The predicted molar refractivity (Wildman–Crippen MR) is 54.8 cm³/mol. The van der Waals surface area contributed by atoms with E-state index in [1.54, 1.807) is 0 Å². The molecule has 1 N–H and O–H groups in total. The van der Waals surface area contributed by atoms with Gasteiger partial charge in [0.05, 0.1) is 13.2 Å². The van der Waals surface area contributed by atoms with E-state index in [4.69, 9.17) is 5.26 Å². The second-order valence-electron chi connectivity index (χ2n) is 3.29. The maximum Gasteiger partial charge on any atom is 0.322 e. The van der Waals surface area contributed by atoms with Crippen molar-refractivity contribution in [1.82, 2.24) is 9.62 Å². The van der Waals surface area contributed by atoms with Crippen molar-refractivity contribution in [1.29, 1.82) is 5.26 Å². The van der Waals surface area contributed by atoms with Crippen LogP contribution in [0.2, 0.25) is 0 Å². The summed E-state index contributed by atoms with van der Waals surface area (Å²) < 4.78 is 28.9. The molecule has 1 aliphatic rings. The molecule has 0 radical (unpaired) electrons. The van der Waals surface area contributed by atoms with Crippen molar-refractivity contribution in [2.75, 3.05) is 32.5 Å². The van der Waals surface area contributed by atoms with Gasteiger partial charge in [0, 0.05) is 19.6 Å². The van der Waals surface area contributed by atoms with Crippen molar-refractivity contribution in [3.05, 3.63) is 0 Å². The Kier molecular flexibility index (Phi) is 4.23. The highest BCUT2D eigenvalue weighted by Gasteiger charge is 2.33. The Hall–Kier alpha value is -1.17. The van der Waals surface area contributed by atoms with Crippen LogP contribution in [0.1, 0.15) is 0 Å². The number of piperazine rings is 1. The summed E-state index contributed by atoms with van der Waals surface area (Å²) in [4.78, 5) is 10.9. The summed E-state index contributed by atoms with van der Waals surface area (Å²) in [5, 5.41) is 11.7. The number of carbonyl (C=O) groups is 1. The van der Waals surface area contributed by atoms with Gasteiger partial charge in [-0.15, -0.1) is 0 Å². The fraction of sp³-hybridized carbons (Fsp3) is 0.750. The number of methoxy groups -OCH3 is 1. The van der Waals surface area contributed by atoms with Crippen molar-refractivity contribution in [3.8, 4) is 6.07 Å². The first-order chi connectivity index (χ1) is 7.51. The van der Waals surface area contributed by atoms with E-state index in [2.05, 4.69) is 10.1 Å². The highest BCUT2D eigenvalue weighted by Crippen LogP contribution is 2.10. The van der Waals surface area contributed by atoms with Gasteiger partial charge < -0.3 is 10.1 Å². The van der Waals surface area contributed by atoms with E-state index in [-0.39, 0.29) is 13.1 Å². The monoisotopic (exact) mass is 247 g/mol. The first kappa shape index (κ1) is 12.9. The number of ether oxygens (including phenoxy) is 1. The standard InChI is InChI=1S/C8H13N3O4S/c1-15-8(12)6-16(13,14)11-3-2-10-5-7(11)4-9/h7,10H,2-3,5-6H2,1H3. The van der Waals surface area contributed by atoms with E-state index in [9.17, 15) is 13.2 Å². The molecule has 7 nitrogen and oxygen atoms in total. The van der Waals surface area contributed by atoms with E-state index in [1.807, 2.05) is 6.07 Å². The summed E-state index contributed by atoms with van der Waals surface area (Å²) in [6, 6.07) is 1.12. The highest BCUT2D eigenvalue weighted by molar-refractivity contribution is 7.89. The van der Waals surface area contributed by atoms with Gasteiger partial charge in [0.15, 0.2) is 5.75 Å². The molecule has 0 amide bonds. The fourth-order valence-electron chi connectivity index (χ4n) is 1.42. The molecule has 0 aromatic carbocycles. The summed E-state index contributed by atoms with van der Waals surface area (Å²) in [7, 11) is -2.64. The average Bonchev–Trinajstić information content (AvgIpc) is 2.28. The summed E-state index contributed by atoms with van der Waals surface area (Å²) >= 11 is 0. The molecule has 1 unspecified atom stereocenters. The molecule has 0 aliphatic carbocycles. The Bertz CT molecular complexity index is 400. The van der Waals surface area contributed by atoms with Gasteiger partial charge in [-0.3, -0.25) is 4.79 Å². The van der Waals surface area contributed by atoms with Crippen LogP contribution in [0.15, 0.2) is 0 Å². The van der Waals surface area contributed by atoms with Gasteiger partial charge in [-0.1, -0.05) is 0 Å². The molecule has 0 spiro atoms. The second kappa shape index (κ2) is 5.25. The molecule has 0 aromatic rings. The number of nitriles is 1. The van der Waals surface area contributed by atoms with Gasteiger partial charge in [0.2, 0.25) is 10.0 Å². The minimum Gasteiger partial charge on any atom is -0.468 e. The third kappa shape index (κ3) is 2.91. The number of rotatable bonds is 3. The molecule has 16 heavy (non-hydrogen) atoms. The molecule has 0 aromatic heterocycles. The van der Waals surface area contributed by atoms with Crippen molar-refractivity contribution < 1.29 is 17.9 Å². The molecule has 1 fully saturated rings. The summed E-state index contributed by atoms with van der Waals surface area (Å²) in [6.45, 7) is 0.938. The Morgan fingerprint density at radius 2 is 2.38 bits per heavy atom. The van der Waals surface area contributed by atoms with Crippen LogP contribution in [0, 0.1) is 11.3 Å². The van der Waals surface area contributed by atoms with Crippen LogP contribution in [0.25, 0.3) is 0 Å². The molecule has 1 rings (SSSR count). The molecule has 1 heterocycles.